The Hall–Kier alpha value is -8.46. The molecule has 11 aromatic carbocycles. The van der Waals surface area contributed by atoms with Gasteiger partial charge < -0.3 is 9.47 Å². The third-order valence-corrected chi connectivity index (χ3v) is 12.8. The molecule has 0 N–H and O–H groups in total. The van der Waals surface area contributed by atoms with Crippen LogP contribution < -0.4 is 4.90 Å². The fourth-order valence-corrected chi connectivity index (χ4v) is 9.79. The second kappa shape index (κ2) is 15.8. The molecule has 0 atom stereocenters. The van der Waals surface area contributed by atoms with E-state index in [1.165, 1.54) is 82.3 Å². The fraction of sp³-hybridized carbons (Fsp3) is 0. The molecular weight excluding hydrogens is 773 g/mol. The van der Waals surface area contributed by atoms with E-state index in [0.717, 1.165) is 28.3 Å². The first-order chi connectivity index (χ1) is 31.8. The number of aromatic nitrogens is 1. The molecule has 0 radical (unpaired) electrons. The zero-order chi connectivity index (χ0) is 42.4. The lowest BCUT2D eigenvalue weighted by molar-refractivity contribution is 1.15. The highest BCUT2D eigenvalue weighted by molar-refractivity contribution is 6.25. The van der Waals surface area contributed by atoms with Gasteiger partial charge in [0.15, 0.2) is 0 Å². The van der Waals surface area contributed by atoms with E-state index in [0.29, 0.717) is 0 Å². The van der Waals surface area contributed by atoms with Crippen LogP contribution in [0.2, 0.25) is 0 Å². The van der Waals surface area contributed by atoms with Crippen LogP contribution in [0, 0.1) is 0 Å². The first-order valence-corrected chi connectivity index (χ1v) is 22.0. The molecule has 1 aromatic heterocycles. The van der Waals surface area contributed by atoms with E-state index in [-0.39, 0.29) is 0 Å². The molecule has 12 rings (SSSR count). The summed E-state index contributed by atoms with van der Waals surface area (Å²) in [7, 11) is 0. The van der Waals surface area contributed by atoms with Crippen molar-refractivity contribution in [3.05, 3.63) is 255 Å². The molecule has 12 aromatic rings. The van der Waals surface area contributed by atoms with Gasteiger partial charge in [-0.25, -0.2) is 0 Å². The van der Waals surface area contributed by atoms with Gasteiger partial charge in [0.1, 0.15) is 0 Å². The van der Waals surface area contributed by atoms with E-state index < -0.39 is 0 Å². The first-order valence-electron chi connectivity index (χ1n) is 22.0. The monoisotopic (exact) mass is 814 g/mol. The van der Waals surface area contributed by atoms with Gasteiger partial charge in [0.25, 0.3) is 0 Å². The number of rotatable bonds is 8. The number of para-hydroxylation sites is 2. The predicted octanol–water partition coefficient (Wildman–Crippen LogP) is 17.2. The molecule has 2 heteroatoms. The van der Waals surface area contributed by atoms with Crippen molar-refractivity contribution in [2.75, 3.05) is 4.90 Å². The van der Waals surface area contributed by atoms with Crippen molar-refractivity contribution in [1.82, 2.24) is 4.57 Å². The number of benzene rings is 11. The highest BCUT2D eigenvalue weighted by Crippen LogP contribution is 2.46. The summed E-state index contributed by atoms with van der Waals surface area (Å²) in [5, 5.41) is 7.43. The van der Waals surface area contributed by atoms with Gasteiger partial charge in [0.2, 0.25) is 0 Å². The minimum atomic E-state index is 1.08. The molecule has 0 saturated heterocycles. The zero-order valence-corrected chi connectivity index (χ0v) is 35.1. The number of fused-ring (bicyclic) bond motifs is 6. The summed E-state index contributed by atoms with van der Waals surface area (Å²) in [4.78, 5) is 2.43. The molecule has 64 heavy (non-hydrogen) atoms. The molecule has 0 saturated carbocycles. The summed E-state index contributed by atoms with van der Waals surface area (Å²) in [6, 6.07) is 92.7. The van der Waals surface area contributed by atoms with Crippen LogP contribution in [0.3, 0.4) is 0 Å². The van der Waals surface area contributed by atoms with Crippen LogP contribution in [0.15, 0.2) is 255 Å². The average Bonchev–Trinajstić information content (AvgIpc) is 3.72. The van der Waals surface area contributed by atoms with Gasteiger partial charge in [0.05, 0.1) is 22.4 Å². The van der Waals surface area contributed by atoms with E-state index in [1.807, 2.05) is 0 Å². The topological polar surface area (TPSA) is 8.17 Å². The normalized spacial score (nSPS) is 11.4. The van der Waals surface area contributed by atoms with Crippen molar-refractivity contribution < 1.29 is 0 Å². The Morgan fingerprint density at radius 3 is 1.55 bits per heavy atom. The third kappa shape index (κ3) is 6.44. The molecule has 0 aliphatic heterocycles. The Balaban J connectivity index is 1.09. The van der Waals surface area contributed by atoms with Crippen molar-refractivity contribution in [2.45, 2.75) is 0 Å². The average molecular weight is 815 g/mol. The summed E-state index contributed by atoms with van der Waals surface area (Å²) in [5.74, 6) is 0. The number of hydrogen-bond donors (Lipinski definition) is 0. The van der Waals surface area contributed by atoms with E-state index >= 15 is 0 Å². The second-order valence-corrected chi connectivity index (χ2v) is 16.5. The predicted molar refractivity (Wildman–Crippen MR) is 272 cm³/mol. The van der Waals surface area contributed by atoms with Gasteiger partial charge in [-0.05, 0) is 115 Å². The lowest BCUT2D eigenvalue weighted by Crippen LogP contribution is -2.13. The molecule has 2 nitrogen and oxygen atoms in total. The van der Waals surface area contributed by atoms with Crippen LogP contribution in [0.4, 0.5) is 17.1 Å². The summed E-state index contributed by atoms with van der Waals surface area (Å²) in [6.07, 6.45) is 0. The summed E-state index contributed by atoms with van der Waals surface area (Å²) in [6.45, 7) is 0. The van der Waals surface area contributed by atoms with E-state index in [4.69, 9.17) is 0 Å². The maximum atomic E-state index is 2.49. The second-order valence-electron chi connectivity index (χ2n) is 16.5. The molecular formula is C62H42N2. The maximum Gasteiger partial charge on any atom is 0.0702 e. The van der Waals surface area contributed by atoms with E-state index in [9.17, 15) is 0 Å². The van der Waals surface area contributed by atoms with Gasteiger partial charge in [-0.1, -0.05) is 206 Å². The lowest BCUT2D eigenvalue weighted by Gasteiger charge is -2.29. The minimum Gasteiger partial charge on any atom is -0.308 e. The molecule has 0 fully saturated rings. The SMILES string of the molecule is c1ccc(-c2ccc(-c3cccc4c3c3c5ccccc5ccc3n4-c3ccccc3N(c3ccc(-c4ccccc4)cc3)c3cccc(-c4cccc5ccccc45)c3)cc2)cc1. The van der Waals surface area contributed by atoms with Crippen LogP contribution in [0.25, 0.3) is 93.5 Å². The van der Waals surface area contributed by atoms with Gasteiger partial charge in [-0.15, -0.1) is 0 Å². The van der Waals surface area contributed by atoms with Crippen LogP contribution in [0.5, 0.6) is 0 Å². The molecule has 1 heterocycles. The van der Waals surface area contributed by atoms with Gasteiger partial charge in [0, 0.05) is 22.1 Å². The fourth-order valence-electron chi connectivity index (χ4n) is 9.79. The summed E-state index contributed by atoms with van der Waals surface area (Å²) < 4.78 is 2.49. The Morgan fingerprint density at radius 1 is 0.281 bits per heavy atom. The molecule has 0 unspecified atom stereocenters. The Bertz CT molecular complexity index is 3640. The van der Waals surface area contributed by atoms with Crippen LogP contribution in [0.1, 0.15) is 0 Å². The lowest BCUT2D eigenvalue weighted by atomic mass is 9.95. The van der Waals surface area contributed by atoms with E-state index in [1.54, 1.807) is 0 Å². The minimum absolute atomic E-state index is 1.08. The standard InChI is InChI=1S/C62H42N2/c1-3-16-43(17-4-1)45-32-34-49(35-33-45)56-28-15-31-59-61(56)62-55-26-10-8-21-48(55)38-41-60(62)64(59)58-30-12-11-29-57(58)63(51-39-36-46(37-40-51)44-18-5-2-6-19-44)52-24-13-23-50(42-52)54-27-14-22-47-20-7-9-25-53(47)54/h1-42H. The molecule has 0 spiro atoms. The molecule has 0 amide bonds. The number of hydrogen-bond acceptors (Lipinski definition) is 1. The number of anilines is 3. The first kappa shape index (κ1) is 37.3. The third-order valence-electron chi connectivity index (χ3n) is 12.8. The summed E-state index contributed by atoms with van der Waals surface area (Å²) in [5.41, 5.74) is 16.2. The van der Waals surface area contributed by atoms with Crippen molar-refractivity contribution >= 4 is 60.4 Å². The van der Waals surface area contributed by atoms with Crippen molar-refractivity contribution in [2.24, 2.45) is 0 Å². The van der Waals surface area contributed by atoms with Crippen molar-refractivity contribution in [3.63, 3.8) is 0 Å². The van der Waals surface area contributed by atoms with Crippen molar-refractivity contribution in [1.29, 1.82) is 0 Å². The van der Waals surface area contributed by atoms with Gasteiger partial charge in [-0.2, -0.15) is 0 Å². The van der Waals surface area contributed by atoms with E-state index in [2.05, 4.69) is 264 Å². The Labute approximate surface area is 373 Å². The largest absolute Gasteiger partial charge is 0.308 e. The number of nitrogens with zero attached hydrogens (tertiary/aromatic N) is 2. The molecule has 0 aliphatic carbocycles. The highest BCUT2D eigenvalue weighted by Gasteiger charge is 2.23. The highest BCUT2D eigenvalue weighted by atomic mass is 15.2. The molecule has 300 valence electrons. The quantitative estimate of drug-likeness (QED) is 0.148. The van der Waals surface area contributed by atoms with Gasteiger partial charge >= 0.3 is 0 Å². The van der Waals surface area contributed by atoms with Crippen molar-refractivity contribution in [3.8, 4) is 50.2 Å². The van der Waals surface area contributed by atoms with Crippen LogP contribution in [-0.2, 0) is 0 Å². The maximum absolute atomic E-state index is 2.49. The smallest absolute Gasteiger partial charge is 0.0702 e. The van der Waals surface area contributed by atoms with Crippen LogP contribution in [-0.4, -0.2) is 4.57 Å². The van der Waals surface area contributed by atoms with Gasteiger partial charge in [-0.3, -0.25) is 0 Å². The zero-order valence-electron chi connectivity index (χ0n) is 35.1. The van der Waals surface area contributed by atoms with Crippen LogP contribution >= 0.6 is 0 Å². The molecule has 0 bridgehead atoms. The summed E-state index contributed by atoms with van der Waals surface area (Å²) >= 11 is 0. The Morgan fingerprint density at radius 2 is 0.797 bits per heavy atom. The Kier molecular flexibility index (Phi) is 9.20. The molecule has 0 aliphatic rings.